The van der Waals surface area contributed by atoms with Gasteiger partial charge in [-0.1, -0.05) is 62.4 Å². The summed E-state index contributed by atoms with van der Waals surface area (Å²) >= 11 is 2.89. The lowest BCUT2D eigenvalue weighted by Crippen LogP contribution is -2.13. The molecule has 0 aliphatic rings. The van der Waals surface area contributed by atoms with Gasteiger partial charge < -0.3 is 10.6 Å². The number of nitrogens with one attached hydrogen (secondary N) is 2. The number of hydrogen-bond acceptors (Lipinski definition) is 6. The zero-order chi connectivity index (χ0) is 17.4. The summed E-state index contributed by atoms with van der Waals surface area (Å²) in [5, 5.41) is 15.1. The fourth-order valence-electron chi connectivity index (χ4n) is 2.00. The third-order valence-electron chi connectivity index (χ3n) is 3.17. The van der Waals surface area contributed by atoms with E-state index in [4.69, 9.17) is 0 Å². The maximum Gasteiger partial charge on any atom is 0.234 e. The molecule has 0 radical (unpaired) electrons. The first-order chi connectivity index (χ1) is 11.6. The van der Waals surface area contributed by atoms with Crippen LogP contribution in [0.5, 0.6) is 0 Å². The molecule has 0 aliphatic heterocycles. The van der Waals surface area contributed by atoms with Crippen LogP contribution in [-0.2, 0) is 11.2 Å². The molecular formula is C17H24N4OS2. The first-order valence-corrected chi connectivity index (χ1v) is 9.96. The van der Waals surface area contributed by atoms with Crippen molar-refractivity contribution in [2.24, 2.45) is 5.92 Å². The summed E-state index contributed by atoms with van der Waals surface area (Å²) in [5.41, 5.74) is 2.12. The van der Waals surface area contributed by atoms with Crippen molar-refractivity contribution in [1.82, 2.24) is 10.2 Å². The molecule has 1 aromatic heterocycles. The molecule has 0 spiro atoms. The fraction of sp³-hybridized carbons (Fsp3) is 0.471. The Labute approximate surface area is 151 Å². The summed E-state index contributed by atoms with van der Waals surface area (Å²) in [5.74, 6) is 0.852. The molecule has 130 valence electrons. The molecule has 0 aliphatic carbocycles. The molecule has 7 heteroatoms. The van der Waals surface area contributed by atoms with Crippen LogP contribution in [0.1, 0.15) is 32.8 Å². The number of aryl methyl sites for hydroxylation is 1. The number of thioether (sulfide) groups is 1. The fourth-order valence-corrected chi connectivity index (χ4v) is 3.56. The second-order valence-electron chi connectivity index (χ2n) is 5.93. The Morgan fingerprint density at radius 2 is 2.00 bits per heavy atom. The molecule has 2 N–H and O–H groups in total. The zero-order valence-electron chi connectivity index (χ0n) is 14.3. The third-order valence-corrected chi connectivity index (χ3v) is 5.19. The molecule has 1 heterocycles. The van der Waals surface area contributed by atoms with Crippen LogP contribution in [0.25, 0.3) is 0 Å². The van der Waals surface area contributed by atoms with Crippen molar-refractivity contribution in [2.75, 3.05) is 22.9 Å². The smallest absolute Gasteiger partial charge is 0.234 e. The van der Waals surface area contributed by atoms with E-state index in [0.29, 0.717) is 11.7 Å². The summed E-state index contributed by atoms with van der Waals surface area (Å²) in [4.78, 5) is 12.0. The van der Waals surface area contributed by atoms with Crippen LogP contribution in [0.4, 0.5) is 10.8 Å². The van der Waals surface area contributed by atoms with Gasteiger partial charge in [0.15, 0.2) is 4.34 Å². The standard InChI is InChI=1S/C17H24N4OS2/c1-4-5-13-6-8-14(9-7-13)19-15(22)11-23-17-21-20-16(24-17)18-10-12(2)3/h6-9,12H,4-5,10-11H2,1-3H3,(H,18,20)(H,19,22). The lowest BCUT2D eigenvalue weighted by Gasteiger charge is -2.05. The highest BCUT2D eigenvalue weighted by Crippen LogP contribution is 2.25. The summed E-state index contributed by atoms with van der Waals surface area (Å²) in [6.45, 7) is 7.31. The van der Waals surface area contributed by atoms with E-state index in [2.05, 4.69) is 53.7 Å². The third kappa shape index (κ3) is 6.49. The predicted octanol–water partition coefficient (Wildman–Crippen LogP) is 4.29. The molecule has 0 unspecified atom stereocenters. The average Bonchev–Trinajstić information content (AvgIpc) is 3.01. The Morgan fingerprint density at radius 1 is 1.25 bits per heavy atom. The maximum atomic E-state index is 12.0. The van der Waals surface area contributed by atoms with Crippen molar-refractivity contribution in [2.45, 2.75) is 38.0 Å². The minimum Gasteiger partial charge on any atom is -0.360 e. The Balaban J connectivity index is 1.76. The van der Waals surface area contributed by atoms with Gasteiger partial charge in [0.1, 0.15) is 0 Å². The van der Waals surface area contributed by atoms with Gasteiger partial charge in [-0.15, -0.1) is 10.2 Å². The number of hydrogen-bond donors (Lipinski definition) is 2. The van der Waals surface area contributed by atoms with Gasteiger partial charge in [-0.25, -0.2) is 0 Å². The molecule has 0 saturated carbocycles. The number of nitrogens with zero attached hydrogens (tertiary/aromatic N) is 2. The Morgan fingerprint density at radius 3 is 2.67 bits per heavy atom. The van der Waals surface area contributed by atoms with Crippen molar-refractivity contribution in [3.8, 4) is 0 Å². The van der Waals surface area contributed by atoms with Gasteiger partial charge >= 0.3 is 0 Å². The van der Waals surface area contributed by atoms with Gasteiger partial charge in [0.05, 0.1) is 5.75 Å². The molecule has 1 amide bonds. The van der Waals surface area contributed by atoms with Gasteiger partial charge in [-0.3, -0.25) is 4.79 Å². The monoisotopic (exact) mass is 364 g/mol. The number of amides is 1. The van der Waals surface area contributed by atoms with E-state index in [-0.39, 0.29) is 5.91 Å². The molecule has 0 fully saturated rings. The van der Waals surface area contributed by atoms with Gasteiger partial charge in [-0.2, -0.15) is 0 Å². The van der Waals surface area contributed by atoms with Crippen molar-refractivity contribution in [3.63, 3.8) is 0 Å². The summed E-state index contributed by atoms with van der Waals surface area (Å²) in [6, 6.07) is 8.02. The Bertz CT molecular complexity index is 640. The first-order valence-electron chi connectivity index (χ1n) is 8.15. The molecule has 1 aromatic carbocycles. The lowest BCUT2D eigenvalue weighted by molar-refractivity contribution is -0.113. The molecule has 0 bridgehead atoms. The maximum absolute atomic E-state index is 12.0. The minimum atomic E-state index is -0.0323. The normalized spacial score (nSPS) is 10.8. The van der Waals surface area contributed by atoms with Crippen LogP contribution in [-0.4, -0.2) is 28.4 Å². The van der Waals surface area contributed by atoms with Crippen molar-refractivity contribution in [3.05, 3.63) is 29.8 Å². The molecule has 2 aromatic rings. The van der Waals surface area contributed by atoms with E-state index in [1.165, 1.54) is 28.7 Å². The van der Waals surface area contributed by atoms with Gasteiger partial charge in [-0.05, 0) is 30.0 Å². The molecule has 24 heavy (non-hydrogen) atoms. The quantitative estimate of drug-likeness (QED) is 0.650. The highest BCUT2D eigenvalue weighted by Gasteiger charge is 2.09. The first kappa shape index (κ1) is 18.7. The van der Waals surface area contributed by atoms with Crippen LogP contribution in [0, 0.1) is 5.92 Å². The van der Waals surface area contributed by atoms with Crippen molar-refractivity contribution >= 4 is 39.8 Å². The molecule has 0 atom stereocenters. The van der Waals surface area contributed by atoms with Crippen LogP contribution < -0.4 is 10.6 Å². The SMILES string of the molecule is CCCc1ccc(NC(=O)CSc2nnc(NCC(C)C)s2)cc1. The van der Waals surface area contributed by atoms with E-state index in [0.717, 1.165) is 34.5 Å². The van der Waals surface area contributed by atoms with Crippen LogP contribution in [0.3, 0.4) is 0 Å². The summed E-state index contributed by atoms with van der Waals surface area (Å²) < 4.78 is 0.801. The van der Waals surface area contributed by atoms with E-state index in [1.54, 1.807) is 0 Å². The van der Waals surface area contributed by atoms with Gasteiger partial charge in [0.2, 0.25) is 11.0 Å². The Kier molecular flexibility index (Phi) is 7.52. The number of benzene rings is 1. The summed E-state index contributed by atoms with van der Waals surface area (Å²) in [6.07, 6.45) is 2.19. The minimum absolute atomic E-state index is 0.0323. The molecule has 2 rings (SSSR count). The number of carbonyl (C=O) groups excluding carboxylic acids is 1. The van der Waals surface area contributed by atoms with Crippen LogP contribution in [0.15, 0.2) is 28.6 Å². The van der Waals surface area contributed by atoms with Crippen molar-refractivity contribution < 1.29 is 4.79 Å². The van der Waals surface area contributed by atoms with E-state index in [1.807, 2.05) is 12.1 Å². The lowest BCUT2D eigenvalue weighted by atomic mass is 10.1. The highest BCUT2D eigenvalue weighted by molar-refractivity contribution is 8.01. The molecular weight excluding hydrogens is 340 g/mol. The van der Waals surface area contributed by atoms with Crippen LogP contribution >= 0.6 is 23.1 Å². The number of rotatable bonds is 9. The highest BCUT2D eigenvalue weighted by atomic mass is 32.2. The Hall–Kier alpha value is -1.60. The topological polar surface area (TPSA) is 66.9 Å². The van der Waals surface area contributed by atoms with E-state index < -0.39 is 0 Å². The van der Waals surface area contributed by atoms with Gasteiger partial charge in [0.25, 0.3) is 0 Å². The summed E-state index contributed by atoms with van der Waals surface area (Å²) in [7, 11) is 0. The molecule has 5 nitrogen and oxygen atoms in total. The zero-order valence-corrected chi connectivity index (χ0v) is 16.0. The number of anilines is 2. The predicted molar refractivity (Wildman–Crippen MR) is 103 cm³/mol. The largest absolute Gasteiger partial charge is 0.360 e. The second kappa shape index (κ2) is 9.64. The van der Waals surface area contributed by atoms with Crippen molar-refractivity contribution in [1.29, 1.82) is 0 Å². The number of carbonyl (C=O) groups is 1. The second-order valence-corrected chi connectivity index (χ2v) is 8.13. The van der Waals surface area contributed by atoms with Crippen LogP contribution in [0.2, 0.25) is 0 Å². The number of aromatic nitrogens is 2. The van der Waals surface area contributed by atoms with E-state index in [9.17, 15) is 4.79 Å². The average molecular weight is 365 g/mol. The molecule has 0 saturated heterocycles. The van der Waals surface area contributed by atoms with E-state index >= 15 is 0 Å². The van der Waals surface area contributed by atoms with Gasteiger partial charge in [0, 0.05) is 12.2 Å².